The first-order valence-electron chi connectivity index (χ1n) is 8.47. The van der Waals surface area contributed by atoms with Crippen molar-refractivity contribution in [2.75, 3.05) is 25.0 Å². The number of amides is 3. The number of rotatable bonds is 5. The largest absolute Gasteiger partial charge is 0.356 e. The predicted molar refractivity (Wildman–Crippen MR) is 92.4 cm³/mol. The van der Waals surface area contributed by atoms with E-state index >= 15 is 0 Å². The minimum atomic E-state index is -0.0530. The van der Waals surface area contributed by atoms with E-state index in [0.29, 0.717) is 25.4 Å². The first-order valence-corrected chi connectivity index (χ1v) is 8.47. The predicted octanol–water partition coefficient (Wildman–Crippen LogP) is 3.16. The lowest BCUT2D eigenvalue weighted by Gasteiger charge is -2.31. The van der Waals surface area contributed by atoms with Crippen LogP contribution in [0.1, 0.15) is 38.2 Å². The zero-order valence-electron chi connectivity index (χ0n) is 14.1. The monoisotopic (exact) mass is 317 g/mol. The summed E-state index contributed by atoms with van der Waals surface area (Å²) < 4.78 is 0. The van der Waals surface area contributed by atoms with E-state index in [2.05, 4.69) is 10.6 Å². The van der Waals surface area contributed by atoms with Crippen molar-refractivity contribution in [3.05, 3.63) is 29.8 Å². The number of piperidine rings is 1. The van der Waals surface area contributed by atoms with Gasteiger partial charge in [-0.1, -0.05) is 24.6 Å². The van der Waals surface area contributed by atoms with Gasteiger partial charge in [0.25, 0.3) is 0 Å². The molecule has 0 spiro atoms. The summed E-state index contributed by atoms with van der Waals surface area (Å²) >= 11 is 0. The van der Waals surface area contributed by atoms with Crippen LogP contribution >= 0.6 is 0 Å². The molecule has 2 rings (SSSR count). The van der Waals surface area contributed by atoms with E-state index in [1.165, 1.54) is 5.56 Å². The number of carbonyl (C=O) groups is 2. The molecule has 1 saturated heterocycles. The molecule has 1 aliphatic heterocycles. The van der Waals surface area contributed by atoms with Gasteiger partial charge in [0.05, 0.1) is 0 Å². The lowest BCUT2D eigenvalue weighted by Crippen LogP contribution is -2.41. The molecule has 0 atom stereocenters. The molecule has 1 heterocycles. The van der Waals surface area contributed by atoms with Crippen molar-refractivity contribution in [3.63, 3.8) is 0 Å². The highest BCUT2D eigenvalue weighted by molar-refractivity contribution is 5.89. The number of urea groups is 1. The molecule has 23 heavy (non-hydrogen) atoms. The summed E-state index contributed by atoms with van der Waals surface area (Å²) in [6.45, 7) is 6.24. The molecular weight excluding hydrogens is 290 g/mol. The van der Waals surface area contributed by atoms with Crippen LogP contribution in [-0.4, -0.2) is 36.5 Å². The van der Waals surface area contributed by atoms with Crippen molar-refractivity contribution in [1.82, 2.24) is 10.2 Å². The molecule has 0 aliphatic carbocycles. The van der Waals surface area contributed by atoms with E-state index in [1.807, 2.05) is 43.0 Å². The lowest BCUT2D eigenvalue weighted by molar-refractivity contribution is -0.122. The van der Waals surface area contributed by atoms with Crippen molar-refractivity contribution in [2.45, 2.75) is 39.5 Å². The molecule has 3 amide bonds. The molecule has 1 aliphatic rings. The summed E-state index contributed by atoms with van der Waals surface area (Å²) in [6.07, 6.45) is 3.32. The Hall–Kier alpha value is -2.04. The van der Waals surface area contributed by atoms with Gasteiger partial charge in [-0.3, -0.25) is 4.79 Å². The Kier molecular flexibility index (Phi) is 6.44. The Morgan fingerprint density at radius 1 is 1.17 bits per heavy atom. The van der Waals surface area contributed by atoms with Gasteiger partial charge >= 0.3 is 6.03 Å². The van der Waals surface area contributed by atoms with Crippen molar-refractivity contribution in [1.29, 1.82) is 0 Å². The van der Waals surface area contributed by atoms with Gasteiger partial charge in [0.1, 0.15) is 0 Å². The van der Waals surface area contributed by atoms with E-state index < -0.39 is 0 Å². The molecule has 126 valence electrons. The van der Waals surface area contributed by atoms with Gasteiger partial charge in [-0.05, 0) is 44.2 Å². The summed E-state index contributed by atoms with van der Waals surface area (Å²) in [6, 6.07) is 7.74. The van der Waals surface area contributed by atoms with Crippen molar-refractivity contribution in [3.8, 4) is 0 Å². The van der Waals surface area contributed by atoms with Gasteiger partial charge in [-0.2, -0.15) is 0 Å². The number of benzene rings is 1. The summed E-state index contributed by atoms with van der Waals surface area (Å²) in [5.41, 5.74) is 1.99. The molecule has 0 radical (unpaired) electrons. The van der Waals surface area contributed by atoms with Crippen LogP contribution in [0.15, 0.2) is 24.3 Å². The average molecular weight is 317 g/mol. The highest BCUT2D eigenvalue weighted by Crippen LogP contribution is 2.21. The van der Waals surface area contributed by atoms with Gasteiger partial charge in [-0.25, -0.2) is 4.79 Å². The fraction of sp³-hybridized carbons (Fsp3) is 0.556. The number of hydrogen-bond donors (Lipinski definition) is 2. The fourth-order valence-electron chi connectivity index (χ4n) is 2.78. The van der Waals surface area contributed by atoms with Crippen LogP contribution in [0.25, 0.3) is 0 Å². The Labute approximate surface area is 138 Å². The average Bonchev–Trinajstić information content (AvgIpc) is 2.55. The number of anilines is 1. The van der Waals surface area contributed by atoms with Crippen molar-refractivity contribution >= 4 is 17.6 Å². The third kappa shape index (κ3) is 5.58. The topological polar surface area (TPSA) is 61.4 Å². The molecule has 5 heteroatoms. The molecule has 5 nitrogen and oxygen atoms in total. The van der Waals surface area contributed by atoms with Crippen molar-refractivity contribution < 1.29 is 9.59 Å². The zero-order valence-corrected chi connectivity index (χ0v) is 14.1. The van der Waals surface area contributed by atoms with Crippen LogP contribution in [-0.2, 0) is 4.79 Å². The van der Waals surface area contributed by atoms with Crippen LogP contribution in [0.5, 0.6) is 0 Å². The van der Waals surface area contributed by atoms with Crippen LogP contribution in [0, 0.1) is 12.8 Å². The molecular formula is C18H27N3O2. The highest BCUT2D eigenvalue weighted by atomic mass is 16.2. The van der Waals surface area contributed by atoms with E-state index in [9.17, 15) is 9.59 Å². The smallest absolute Gasteiger partial charge is 0.321 e. The standard InChI is InChI=1S/C18H27N3O2/c1-3-10-19-17(22)13-15-8-11-21(12-9-15)18(23)20-16-6-4-14(2)5-7-16/h4-7,15H,3,8-13H2,1-2H3,(H,19,22)(H,20,23). The maximum absolute atomic E-state index is 12.3. The van der Waals surface area contributed by atoms with Crippen LogP contribution < -0.4 is 10.6 Å². The van der Waals surface area contributed by atoms with Gasteiger partial charge in [0.2, 0.25) is 5.91 Å². The molecule has 0 unspecified atom stereocenters. The van der Waals surface area contributed by atoms with E-state index in [1.54, 1.807) is 0 Å². The fourth-order valence-corrected chi connectivity index (χ4v) is 2.78. The molecule has 1 fully saturated rings. The number of nitrogens with one attached hydrogen (secondary N) is 2. The molecule has 1 aromatic rings. The van der Waals surface area contributed by atoms with Crippen molar-refractivity contribution in [2.24, 2.45) is 5.92 Å². The van der Waals surface area contributed by atoms with Crippen LogP contribution in [0.3, 0.4) is 0 Å². The maximum atomic E-state index is 12.3. The Morgan fingerprint density at radius 2 is 1.83 bits per heavy atom. The first-order chi connectivity index (χ1) is 11.1. The SMILES string of the molecule is CCCNC(=O)CC1CCN(C(=O)Nc2ccc(C)cc2)CC1. The minimum Gasteiger partial charge on any atom is -0.356 e. The summed E-state index contributed by atoms with van der Waals surface area (Å²) in [5.74, 6) is 0.518. The number of nitrogens with zero attached hydrogens (tertiary/aromatic N) is 1. The summed E-state index contributed by atoms with van der Waals surface area (Å²) in [7, 11) is 0. The van der Waals surface area contributed by atoms with Crippen LogP contribution in [0.4, 0.5) is 10.5 Å². The maximum Gasteiger partial charge on any atom is 0.321 e. The Balaban J connectivity index is 1.74. The Morgan fingerprint density at radius 3 is 2.43 bits per heavy atom. The van der Waals surface area contributed by atoms with E-state index in [-0.39, 0.29) is 11.9 Å². The van der Waals surface area contributed by atoms with E-state index in [4.69, 9.17) is 0 Å². The third-order valence-corrected chi connectivity index (χ3v) is 4.25. The van der Waals surface area contributed by atoms with Gasteiger partial charge in [-0.15, -0.1) is 0 Å². The zero-order chi connectivity index (χ0) is 16.7. The second-order valence-corrected chi connectivity index (χ2v) is 6.28. The molecule has 2 N–H and O–H groups in total. The molecule has 0 bridgehead atoms. The van der Waals surface area contributed by atoms with Gasteiger partial charge < -0.3 is 15.5 Å². The lowest BCUT2D eigenvalue weighted by atomic mass is 9.93. The summed E-state index contributed by atoms with van der Waals surface area (Å²) in [5, 5.41) is 5.85. The second kappa shape index (κ2) is 8.56. The molecule has 0 saturated carbocycles. The number of aryl methyl sites for hydroxylation is 1. The van der Waals surface area contributed by atoms with Gasteiger partial charge in [0.15, 0.2) is 0 Å². The highest BCUT2D eigenvalue weighted by Gasteiger charge is 2.24. The normalized spacial score (nSPS) is 15.3. The number of likely N-dealkylation sites (tertiary alicyclic amines) is 1. The quantitative estimate of drug-likeness (QED) is 0.876. The minimum absolute atomic E-state index is 0.0530. The molecule has 1 aromatic carbocycles. The van der Waals surface area contributed by atoms with Gasteiger partial charge in [0, 0.05) is 31.7 Å². The van der Waals surface area contributed by atoms with E-state index in [0.717, 1.165) is 31.5 Å². The Bertz CT molecular complexity index is 520. The summed E-state index contributed by atoms with van der Waals surface area (Å²) in [4.78, 5) is 25.8. The number of hydrogen-bond acceptors (Lipinski definition) is 2. The second-order valence-electron chi connectivity index (χ2n) is 6.28. The molecule has 0 aromatic heterocycles. The first kappa shape index (κ1) is 17.3. The number of carbonyl (C=O) groups excluding carboxylic acids is 2. The van der Waals surface area contributed by atoms with Crippen LogP contribution in [0.2, 0.25) is 0 Å². The third-order valence-electron chi connectivity index (χ3n) is 4.25.